The van der Waals surface area contributed by atoms with Gasteiger partial charge in [-0.3, -0.25) is 4.79 Å². The highest BCUT2D eigenvalue weighted by Gasteiger charge is 2.29. The van der Waals surface area contributed by atoms with Crippen molar-refractivity contribution < 1.29 is 14.3 Å². The molecule has 1 aliphatic rings. The minimum Gasteiger partial charge on any atom is -0.445 e. The topological polar surface area (TPSA) is 82.4 Å². The van der Waals surface area contributed by atoms with Crippen molar-refractivity contribution in [1.82, 2.24) is 4.90 Å². The molecule has 2 aromatic rings. The lowest BCUT2D eigenvalue weighted by atomic mass is 9.97. The highest BCUT2D eigenvalue weighted by molar-refractivity contribution is 5.93. The Labute approximate surface area is 158 Å². The number of likely N-dealkylation sites (tertiary alicyclic amines) is 1. The van der Waals surface area contributed by atoms with Crippen LogP contribution in [-0.4, -0.2) is 30.0 Å². The van der Waals surface area contributed by atoms with E-state index in [0.29, 0.717) is 24.3 Å². The Bertz CT molecular complexity index is 828. The predicted molar refractivity (Wildman–Crippen MR) is 101 cm³/mol. The highest BCUT2D eigenvalue weighted by Crippen LogP contribution is 2.20. The van der Waals surface area contributed by atoms with E-state index in [4.69, 9.17) is 10.00 Å². The second-order valence-corrected chi connectivity index (χ2v) is 6.50. The van der Waals surface area contributed by atoms with Gasteiger partial charge in [0.1, 0.15) is 6.61 Å². The number of hydrogen-bond acceptors (Lipinski definition) is 4. The van der Waals surface area contributed by atoms with Gasteiger partial charge in [-0.15, -0.1) is 0 Å². The van der Waals surface area contributed by atoms with Crippen molar-refractivity contribution in [3.8, 4) is 6.07 Å². The standard InChI is InChI=1S/C21H21N3O3/c22-13-16-8-10-19(11-9-16)23-20(25)18-7-4-12-24(14-18)21(26)27-15-17-5-2-1-3-6-17/h1-3,5-6,8-11,18H,4,7,12,14-15H2,(H,23,25). The molecule has 0 radical (unpaired) electrons. The van der Waals surface area contributed by atoms with Crippen molar-refractivity contribution in [3.05, 3.63) is 65.7 Å². The number of amides is 2. The number of rotatable bonds is 4. The first-order chi connectivity index (χ1) is 13.2. The van der Waals surface area contributed by atoms with Crippen LogP contribution in [0.5, 0.6) is 0 Å². The van der Waals surface area contributed by atoms with Gasteiger partial charge in [-0.05, 0) is 42.7 Å². The number of carbonyl (C=O) groups excluding carboxylic acids is 2. The maximum Gasteiger partial charge on any atom is 0.410 e. The van der Waals surface area contributed by atoms with Crippen LogP contribution in [-0.2, 0) is 16.1 Å². The number of nitrogens with one attached hydrogen (secondary N) is 1. The molecule has 1 atom stereocenters. The molecule has 1 aliphatic heterocycles. The van der Waals surface area contributed by atoms with Gasteiger partial charge in [0.15, 0.2) is 0 Å². The Morgan fingerprint density at radius 1 is 1.15 bits per heavy atom. The third-order valence-corrected chi connectivity index (χ3v) is 4.54. The zero-order valence-corrected chi connectivity index (χ0v) is 14.9. The molecule has 1 unspecified atom stereocenters. The molecular weight excluding hydrogens is 342 g/mol. The van der Waals surface area contributed by atoms with Crippen molar-refractivity contribution >= 4 is 17.7 Å². The Kier molecular flexibility index (Phi) is 6.06. The fourth-order valence-electron chi connectivity index (χ4n) is 3.04. The zero-order valence-electron chi connectivity index (χ0n) is 14.9. The van der Waals surface area contributed by atoms with E-state index in [0.717, 1.165) is 18.4 Å². The summed E-state index contributed by atoms with van der Waals surface area (Å²) in [6, 6.07) is 18.3. The summed E-state index contributed by atoms with van der Waals surface area (Å²) >= 11 is 0. The third kappa shape index (κ3) is 5.08. The average molecular weight is 363 g/mol. The van der Waals surface area contributed by atoms with Gasteiger partial charge in [-0.2, -0.15) is 5.26 Å². The molecule has 138 valence electrons. The van der Waals surface area contributed by atoms with Crippen LogP contribution < -0.4 is 5.32 Å². The molecule has 1 fully saturated rings. The fourth-order valence-corrected chi connectivity index (χ4v) is 3.04. The number of hydrogen-bond donors (Lipinski definition) is 1. The Balaban J connectivity index is 1.52. The van der Waals surface area contributed by atoms with Crippen molar-refractivity contribution in [2.24, 2.45) is 5.92 Å². The molecule has 1 saturated heterocycles. The minimum absolute atomic E-state index is 0.125. The van der Waals surface area contributed by atoms with Crippen LogP contribution in [0.3, 0.4) is 0 Å². The molecule has 0 bridgehead atoms. The van der Waals surface area contributed by atoms with Gasteiger partial charge in [0.2, 0.25) is 5.91 Å². The molecule has 3 rings (SSSR count). The molecule has 27 heavy (non-hydrogen) atoms. The summed E-state index contributed by atoms with van der Waals surface area (Å²) in [4.78, 5) is 26.4. The average Bonchev–Trinajstić information content (AvgIpc) is 2.73. The van der Waals surface area contributed by atoms with Crippen LogP contribution in [0, 0.1) is 17.2 Å². The van der Waals surface area contributed by atoms with Crippen LogP contribution in [0.1, 0.15) is 24.0 Å². The molecule has 0 saturated carbocycles. The maximum atomic E-state index is 12.5. The molecule has 2 aromatic carbocycles. The summed E-state index contributed by atoms with van der Waals surface area (Å²) in [6.07, 6.45) is 1.09. The SMILES string of the molecule is N#Cc1ccc(NC(=O)C2CCCN(C(=O)OCc3ccccc3)C2)cc1. The number of piperidine rings is 1. The largest absolute Gasteiger partial charge is 0.445 e. The van der Waals surface area contributed by atoms with E-state index in [1.807, 2.05) is 36.4 Å². The van der Waals surface area contributed by atoms with Crippen LogP contribution in [0.2, 0.25) is 0 Å². The van der Waals surface area contributed by atoms with Gasteiger partial charge in [0, 0.05) is 18.8 Å². The van der Waals surface area contributed by atoms with E-state index in [9.17, 15) is 9.59 Å². The molecule has 6 heteroatoms. The Morgan fingerprint density at radius 2 is 1.89 bits per heavy atom. The summed E-state index contributed by atoms with van der Waals surface area (Å²) in [5.74, 6) is -0.404. The Morgan fingerprint density at radius 3 is 2.59 bits per heavy atom. The monoisotopic (exact) mass is 363 g/mol. The smallest absolute Gasteiger partial charge is 0.410 e. The van der Waals surface area contributed by atoms with Gasteiger partial charge < -0.3 is 15.0 Å². The zero-order chi connectivity index (χ0) is 19.1. The first-order valence-corrected chi connectivity index (χ1v) is 8.92. The van der Waals surface area contributed by atoms with Crippen molar-refractivity contribution in [1.29, 1.82) is 5.26 Å². The van der Waals surface area contributed by atoms with Gasteiger partial charge in [0.25, 0.3) is 0 Å². The van der Waals surface area contributed by atoms with E-state index < -0.39 is 6.09 Å². The summed E-state index contributed by atoms with van der Waals surface area (Å²) < 4.78 is 5.36. The summed E-state index contributed by atoms with van der Waals surface area (Å²) in [6.45, 7) is 1.16. The summed E-state index contributed by atoms with van der Waals surface area (Å²) in [5.41, 5.74) is 2.11. The molecule has 0 aliphatic carbocycles. The van der Waals surface area contributed by atoms with E-state index >= 15 is 0 Å². The fraction of sp³-hybridized carbons (Fsp3) is 0.286. The predicted octanol–water partition coefficient (Wildman–Crippen LogP) is 3.55. The Hall–Kier alpha value is -3.33. The number of carbonyl (C=O) groups is 2. The minimum atomic E-state index is -0.394. The molecular formula is C21H21N3O3. The van der Waals surface area contributed by atoms with Gasteiger partial charge in [0.05, 0.1) is 17.6 Å². The van der Waals surface area contributed by atoms with Crippen molar-refractivity contribution in [3.63, 3.8) is 0 Å². The van der Waals surface area contributed by atoms with Crippen LogP contribution >= 0.6 is 0 Å². The van der Waals surface area contributed by atoms with E-state index in [1.165, 1.54) is 0 Å². The van der Waals surface area contributed by atoms with E-state index in [1.54, 1.807) is 29.2 Å². The van der Waals surface area contributed by atoms with Crippen LogP contribution in [0.4, 0.5) is 10.5 Å². The van der Waals surface area contributed by atoms with Crippen LogP contribution in [0.15, 0.2) is 54.6 Å². The first-order valence-electron chi connectivity index (χ1n) is 8.92. The second-order valence-electron chi connectivity index (χ2n) is 6.50. The summed E-state index contributed by atoms with van der Waals surface area (Å²) in [5, 5.41) is 11.7. The molecule has 0 aromatic heterocycles. The lowest BCUT2D eigenvalue weighted by molar-refractivity contribution is -0.121. The molecule has 1 heterocycles. The quantitative estimate of drug-likeness (QED) is 0.901. The number of anilines is 1. The number of nitrogens with zero attached hydrogens (tertiary/aromatic N) is 2. The number of benzene rings is 2. The molecule has 1 N–H and O–H groups in total. The maximum absolute atomic E-state index is 12.5. The first kappa shape index (κ1) is 18.5. The number of nitriles is 1. The lowest BCUT2D eigenvalue weighted by Gasteiger charge is -2.31. The summed E-state index contributed by atoms with van der Waals surface area (Å²) in [7, 11) is 0. The van der Waals surface area contributed by atoms with Gasteiger partial charge in [-0.1, -0.05) is 30.3 Å². The number of ether oxygens (including phenoxy) is 1. The second kappa shape index (κ2) is 8.86. The normalized spacial score (nSPS) is 16.3. The van der Waals surface area contributed by atoms with Crippen molar-refractivity contribution in [2.45, 2.75) is 19.4 Å². The van der Waals surface area contributed by atoms with Gasteiger partial charge in [-0.25, -0.2) is 4.79 Å². The van der Waals surface area contributed by atoms with Crippen molar-refractivity contribution in [2.75, 3.05) is 18.4 Å². The highest BCUT2D eigenvalue weighted by atomic mass is 16.6. The molecule has 0 spiro atoms. The van der Waals surface area contributed by atoms with Crippen LogP contribution in [0.25, 0.3) is 0 Å². The van der Waals surface area contributed by atoms with E-state index in [2.05, 4.69) is 5.32 Å². The van der Waals surface area contributed by atoms with Gasteiger partial charge >= 0.3 is 6.09 Å². The molecule has 6 nitrogen and oxygen atoms in total. The molecule has 2 amide bonds. The third-order valence-electron chi connectivity index (χ3n) is 4.54. The van der Waals surface area contributed by atoms with E-state index in [-0.39, 0.29) is 18.4 Å². The lowest BCUT2D eigenvalue weighted by Crippen LogP contribution is -2.44.